The van der Waals surface area contributed by atoms with Gasteiger partial charge in [-0.25, -0.2) is 8.42 Å². The summed E-state index contributed by atoms with van der Waals surface area (Å²) in [5, 5.41) is 4.12. The summed E-state index contributed by atoms with van der Waals surface area (Å²) in [6, 6.07) is 15.2. The molecule has 3 rings (SSSR count). The zero-order chi connectivity index (χ0) is 31.4. The van der Waals surface area contributed by atoms with Crippen LogP contribution in [0.1, 0.15) is 50.8 Å². The van der Waals surface area contributed by atoms with Crippen molar-refractivity contribution in [2.75, 3.05) is 10.8 Å². The first-order chi connectivity index (χ1) is 19.5. The SMILES string of the molecule is CC[C@@H](C(=O)NC(C)(C)C)N(Cc1ccc(Cl)cc1Cl)C(=O)CN(c1ccc(Cl)cc1C)S(=O)(=O)c1ccc(C)cc1. The number of anilines is 1. The van der Waals surface area contributed by atoms with Gasteiger partial charge in [-0.2, -0.15) is 0 Å². The minimum atomic E-state index is -4.20. The minimum Gasteiger partial charge on any atom is -0.350 e. The van der Waals surface area contributed by atoms with Crippen molar-refractivity contribution in [3.8, 4) is 0 Å². The Balaban J connectivity index is 2.13. The summed E-state index contributed by atoms with van der Waals surface area (Å²) in [5.41, 5.74) is 1.76. The molecule has 1 N–H and O–H groups in total. The normalized spacial score (nSPS) is 12.5. The molecule has 0 bridgehead atoms. The van der Waals surface area contributed by atoms with Gasteiger partial charge >= 0.3 is 0 Å². The van der Waals surface area contributed by atoms with Crippen LogP contribution in [-0.4, -0.2) is 43.3 Å². The molecule has 0 radical (unpaired) electrons. The summed E-state index contributed by atoms with van der Waals surface area (Å²) in [4.78, 5) is 29.1. The number of aryl methyl sites for hydroxylation is 2. The Morgan fingerprint density at radius 3 is 2.05 bits per heavy atom. The van der Waals surface area contributed by atoms with E-state index in [9.17, 15) is 18.0 Å². The van der Waals surface area contributed by atoms with Crippen molar-refractivity contribution in [2.24, 2.45) is 0 Å². The van der Waals surface area contributed by atoms with E-state index in [1.165, 1.54) is 17.0 Å². The average molecular weight is 653 g/mol. The van der Waals surface area contributed by atoms with Crippen LogP contribution in [-0.2, 0) is 26.2 Å². The van der Waals surface area contributed by atoms with Crippen molar-refractivity contribution in [1.29, 1.82) is 0 Å². The molecule has 3 aromatic rings. The van der Waals surface area contributed by atoms with Gasteiger partial charge in [0.05, 0.1) is 10.6 Å². The zero-order valence-corrected chi connectivity index (χ0v) is 27.6. The van der Waals surface area contributed by atoms with E-state index in [-0.39, 0.29) is 23.8 Å². The highest BCUT2D eigenvalue weighted by atomic mass is 35.5. The van der Waals surface area contributed by atoms with Crippen molar-refractivity contribution in [2.45, 2.75) is 71.0 Å². The maximum absolute atomic E-state index is 14.2. The molecule has 0 heterocycles. The maximum atomic E-state index is 14.2. The molecule has 11 heteroatoms. The van der Waals surface area contributed by atoms with E-state index in [1.54, 1.807) is 62.4 Å². The van der Waals surface area contributed by atoms with Gasteiger partial charge in [-0.15, -0.1) is 0 Å². The second-order valence-electron chi connectivity index (χ2n) is 11.2. The number of nitrogens with one attached hydrogen (secondary N) is 1. The molecule has 0 saturated heterocycles. The zero-order valence-electron chi connectivity index (χ0n) is 24.5. The molecule has 0 aliphatic carbocycles. The third kappa shape index (κ3) is 8.40. The first kappa shape index (κ1) is 33.7. The molecule has 0 aromatic heterocycles. The van der Waals surface area contributed by atoms with Crippen molar-refractivity contribution in [3.05, 3.63) is 92.4 Å². The molecule has 0 unspecified atom stereocenters. The van der Waals surface area contributed by atoms with Crippen molar-refractivity contribution < 1.29 is 18.0 Å². The molecule has 3 aromatic carbocycles. The second-order valence-corrected chi connectivity index (χ2v) is 14.3. The second kappa shape index (κ2) is 13.7. The fourth-order valence-electron chi connectivity index (χ4n) is 4.46. The molecule has 2 amide bonds. The van der Waals surface area contributed by atoms with Gasteiger partial charge in [-0.05, 0) is 94.6 Å². The van der Waals surface area contributed by atoms with E-state index in [1.807, 2.05) is 27.7 Å². The van der Waals surface area contributed by atoms with Crippen LogP contribution in [0, 0.1) is 13.8 Å². The predicted molar refractivity (Wildman–Crippen MR) is 171 cm³/mol. The molecule has 42 heavy (non-hydrogen) atoms. The van der Waals surface area contributed by atoms with Crippen molar-refractivity contribution in [3.63, 3.8) is 0 Å². The van der Waals surface area contributed by atoms with Crippen molar-refractivity contribution in [1.82, 2.24) is 10.2 Å². The standard InChI is InChI=1S/C31H36Cl3N3O4S/c1-7-27(30(39)35-31(4,5)6)36(18-22-10-11-24(33)17-26(22)34)29(38)19-37(28-15-12-23(32)16-21(28)3)42(40,41)25-13-8-20(2)9-14-25/h8-17,27H,7,18-19H2,1-6H3,(H,35,39)/t27-/m0/s1. The molecule has 0 aliphatic heterocycles. The fourth-order valence-corrected chi connectivity index (χ4v) is 6.63. The average Bonchev–Trinajstić information content (AvgIpc) is 2.88. The summed E-state index contributed by atoms with van der Waals surface area (Å²) in [5.74, 6) is -0.944. The Morgan fingerprint density at radius 2 is 1.50 bits per heavy atom. The highest BCUT2D eigenvalue weighted by Gasteiger charge is 2.35. The van der Waals surface area contributed by atoms with Gasteiger partial charge in [0.1, 0.15) is 12.6 Å². The number of sulfonamides is 1. The quantitative estimate of drug-likeness (QED) is 0.251. The number of nitrogens with zero attached hydrogens (tertiary/aromatic N) is 2. The van der Waals surface area contributed by atoms with Crippen LogP contribution in [0.2, 0.25) is 15.1 Å². The summed E-state index contributed by atoms with van der Waals surface area (Å²) < 4.78 is 29.2. The van der Waals surface area contributed by atoms with Crippen LogP contribution in [0.4, 0.5) is 5.69 Å². The fraction of sp³-hybridized carbons (Fsp3) is 0.355. The number of amides is 2. The van der Waals surface area contributed by atoms with Crippen molar-refractivity contribution >= 4 is 62.3 Å². The first-order valence-electron chi connectivity index (χ1n) is 13.4. The number of carbonyl (C=O) groups excluding carboxylic acids is 2. The molecule has 7 nitrogen and oxygen atoms in total. The van der Waals surface area contributed by atoms with Gasteiger partial charge in [0.15, 0.2) is 0 Å². The number of rotatable bonds is 10. The lowest BCUT2D eigenvalue weighted by Crippen LogP contribution is -2.55. The Labute approximate surface area is 263 Å². The minimum absolute atomic E-state index is 0.0278. The number of hydrogen-bond donors (Lipinski definition) is 1. The Kier molecular flexibility index (Phi) is 11.0. The Morgan fingerprint density at radius 1 is 0.905 bits per heavy atom. The van der Waals surface area contributed by atoms with Gasteiger partial charge in [-0.3, -0.25) is 13.9 Å². The first-order valence-corrected chi connectivity index (χ1v) is 16.0. The van der Waals surface area contributed by atoms with E-state index in [2.05, 4.69) is 5.32 Å². The summed E-state index contributed by atoms with van der Waals surface area (Å²) in [7, 11) is -4.20. The number of benzene rings is 3. The highest BCUT2D eigenvalue weighted by molar-refractivity contribution is 7.92. The topological polar surface area (TPSA) is 86.8 Å². The lowest BCUT2D eigenvalue weighted by atomic mass is 10.1. The van der Waals surface area contributed by atoms with E-state index in [4.69, 9.17) is 34.8 Å². The largest absolute Gasteiger partial charge is 0.350 e. The van der Waals surface area contributed by atoms with Gasteiger partial charge in [-0.1, -0.05) is 65.5 Å². The Bertz CT molecular complexity index is 1550. The lowest BCUT2D eigenvalue weighted by molar-refractivity contribution is -0.141. The molecule has 0 saturated carbocycles. The molecule has 0 spiro atoms. The summed E-state index contributed by atoms with van der Waals surface area (Å²) in [6.07, 6.45) is 0.281. The maximum Gasteiger partial charge on any atom is 0.264 e. The van der Waals surface area contributed by atoms with E-state index in [0.29, 0.717) is 31.9 Å². The van der Waals surface area contributed by atoms with Crippen LogP contribution < -0.4 is 9.62 Å². The van der Waals surface area contributed by atoms with Crippen LogP contribution >= 0.6 is 34.8 Å². The van der Waals surface area contributed by atoms with Gasteiger partial charge in [0, 0.05) is 27.2 Å². The van der Waals surface area contributed by atoms with Gasteiger partial charge in [0.2, 0.25) is 11.8 Å². The lowest BCUT2D eigenvalue weighted by Gasteiger charge is -2.35. The third-order valence-corrected chi connectivity index (χ3v) is 9.15. The van der Waals surface area contributed by atoms with Crippen LogP contribution in [0.25, 0.3) is 0 Å². The summed E-state index contributed by atoms with van der Waals surface area (Å²) in [6.45, 7) is 10.3. The molecule has 0 fully saturated rings. The molecular weight excluding hydrogens is 617 g/mol. The third-order valence-electron chi connectivity index (χ3n) is 6.56. The smallest absolute Gasteiger partial charge is 0.264 e. The van der Waals surface area contributed by atoms with E-state index < -0.39 is 34.1 Å². The van der Waals surface area contributed by atoms with E-state index >= 15 is 0 Å². The van der Waals surface area contributed by atoms with E-state index in [0.717, 1.165) is 9.87 Å². The summed E-state index contributed by atoms with van der Waals surface area (Å²) >= 11 is 18.8. The number of carbonyl (C=O) groups is 2. The molecular formula is C31H36Cl3N3O4S. The van der Waals surface area contributed by atoms with Gasteiger partial charge < -0.3 is 10.2 Å². The van der Waals surface area contributed by atoms with Crippen LogP contribution in [0.15, 0.2) is 65.6 Å². The highest BCUT2D eigenvalue weighted by Crippen LogP contribution is 2.30. The molecule has 226 valence electrons. The Hall–Kier alpha value is -2.78. The van der Waals surface area contributed by atoms with Gasteiger partial charge in [0.25, 0.3) is 10.0 Å². The molecule has 1 atom stereocenters. The molecule has 0 aliphatic rings. The monoisotopic (exact) mass is 651 g/mol. The van der Waals surface area contributed by atoms with Crippen LogP contribution in [0.3, 0.4) is 0 Å². The van der Waals surface area contributed by atoms with Crippen LogP contribution in [0.5, 0.6) is 0 Å². The number of halogens is 3. The predicted octanol–water partition coefficient (Wildman–Crippen LogP) is 7.18. The number of hydrogen-bond acceptors (Lipinski definition) is 4.